The third-order valence-electron chi connectivity index (χ3n) is 5.06. The summed E-state index contributed by atoms with van der Waals surface area (Å²) in [6, 6.07) is 7.19. The molecule has 0 aliphatic carbocycles. The van der Waals surface area contributed by atoms with Crippen molar-refractivity contribution in [3.05, 3.63) is 29.3 Å². The minimum absolute atomic E-state index is 0.359. The SMILES string of the molecule is CCCCC(CC)COP(=O)(OCC(CC)CCCC)OSc1ccc(Cl)cc1. The van der Waals surface area contributed by atoms with Crippen molar-refractivity contribution in [3.63, 3.8) is 0 Å². The molecule has 4 nitrogen and oxygen atoms in total. The topological polar surface area (TPSA) is 44.8 Å². The molecule has 0 bridgehead atoms. The monoisotopic (exact) mass is 464 g/mol. The van der Waals surface area contributed by atoms with E-state index in [4.69, 9.17) is 24.6 Å². The van der Waals surface area contributed by atoms with Crippen molar-refractivity contribution in [3.8, 4) is 0 Å². The molecule has 2 unspecified atom stereocenters. The van der Waals surface area contributed by atoms with Gasteiger partial charge in [0.05, 0.1) is 13.2 Å². The predicted octanol–water partition coefficient (Wildman–Crippen LogP) is 8.94. The smallest absolute Gasteiger partial charge is 0.286 e. The van der Waals surface area contributed by atoms with Crippen LogP contribution in [-0.4, -0.2) is 13.2 Å². The van der Waals surface area contributed by atoms with Crippen molar-refractivity contribution in [2.45, 2.75) is 84.0 Å². The van der Waals surface area contributed by atoms with Crippen LogP contribution in [0.4, 0.5) is 0 Å². The molecule has 29 heavy (non-hydrogen) atoms. The van der Waals surface area contributed by atoms with Gasteiger partial charge in [0.25, 0.3) is 0 Å². The van der Waals surface area contributed by atoms with Crippen LogP contribution >= 0.6 is 31.5 Å². The van der Waals surface area contributed by atoms with Gasteiger partial charge >= 0.3 is 7.82 Å². The molecule has 0 aliphatic heterocycles. The molecule has 0 aromatic heterocycles. The summed E-state index contributed by atoms with van der Waals surface area (Å²) in [5.74, 6) is 0.719. The molecule has 0 N–H and O–H groups in total. The Hall–Kier alpha value is -0.0300. The van der Waals surface area contributed by atoms with Crippen LogP contribution in [0.2, 0.25) is 5.02 Å². The molecule has 0 radical (unpaired) electrons. The van der Waals surface area contributed by atoms with E-state index >= 15 is 0 Å². The van der Waals surface area contributed by atoms with Gasteiger partial charge in [-0.2, -0.15) is 0 Å². The Morgan fingerprint density at radius 2 is 1.38 bits per heavy atom. The van der Waals surface area contributed by atoms with Crippen molar-refractivity contribution in [2.75, 3.05) is 13.2 Å². The van der Waals surface area contributed by atoms with Gasteiger partial charge in [0.1, 0.15) is 0 Å². The van der Waals surface area contributed by atoms with Gasteiger partial charge in [0.15, 0.2) is 0 Å². The first-order valence-corrected chi connectivity index (χ1v) is 13.5. The van der Waals surface area contributed by atoms with Gasteiger partial charge < -0.3 is 0 Å². The third kappa shape index (κ3) is 11.8. The number of hydrogen-bond donors (Lipinski definition) is 0. The average molecular weight is 465 g/mol. The standard InChI is InChI=1S/C22H38ClO4PS/c1-5-9-11-19(7-3)17-25-28(24,26-18-20(8-4)12-10-6-2)27-29-22-15-13-21(23)14-16-22/h13-16,19-20H,5-12,17-18H2,1-4H3. The van der Waals surface area contributed by atoms with Gasteiger partial charge in [-0.1, -0.05) is 77.8 Å². The molecule has 0 fully saturated rings. The number of hydrogen-bond acceptors (Lipinski definition) is 5. The number of phosphoric ester groups is 1. The zero-order valence-electron chi connectivity index (χ0n) is 18.4. The molecule has 0 saturated heterocycles. The van der Waals surface area contributed by atoms with E-state index in [0.29, 0.717) is 30.1 Å². The number of halogens is 1. The fourth-order valence-corrected chi connectivity index (χ4v) is 5.14. The van der Waals surface area contributed by atoms with Gasteiger partial charge in [-0.3, -0.25) is 9.05 Å². The van der Waals surface area contributed by atoms with E-state index in [2.05, 4.69) is 27.7 Å². The van der Waals surface area contributed by atoms with E-state index < -0.39 is 7.82 Å². The van der Waals surface area contributed by atoms with Crippen LogP contribution in [0, 0.1) is 11.8 Å². The Labute approximate surface area is 187 Å². The fourth-order valence-electron chi connectivity index (χ4n) is 2.85. The molecule has 1 aromatic carbocycles. The highest BCUT2D eigenvalue weighted by atomic mass is 35.5. The van der Waals surface area contributed by atoms with E-state index in [9.17, 15) is 4.57 Å². The number of rotatable bonds is 17. The minimum Gasteiger partial charge on any atom is -0.286 e. The Kier molecular flexibility index (Phi) is 14.6. The van der Waals surface area contributed by atoms with Gasteiger partial charge in [-0.05, 0) is 48.9 Å². The van der Waals surface area contributed by atoms with Gasteiger partial charge in [-0.25, -0.2) is 8.54 Å². The maximum absolute atomic E-state index is 13.3. The van der Waals surface area contributed by atoms with Crippen LogP contribution in [0.5, 0.6) is 0 Å². The van der Waals surface area contributed by atoms with Crippen LogP contribution < -0.4 is 0 Å². The molecule has 1 rings (SSSR count). The van der Waals surface area contributed by atoms with Crippen molar-refractivity contribution in [1.82, 2.24) is 0 Å². The van der Waals surface area contributed by atoms with Crippen LogP contribution in [-0.2, 0) is 17.6 Å². The quantitative estimate of drug-likeness (QED) is 0.170. The molecule has 7 heteroatoms. The van der Waals surface area contributed by atoms with Crippen LogP contribution in [0.3, 0.4) is 0 Å². The molecule has 1 aromatic rings. The van der Waals surface area contributed by atoms with E-state index in [-0.39, 0.29) is 0 Å². The fraction of sp³-hybridized carbons (Fsp3) is 0.727. The molecule has 0 heterocycles. The first-order valence-electron chi connectivity index (χ1n) is 11.0. The van der Waals surface area contributed by atoms with Gasteiger partial charge in [-0.15, -0.1) is 0 Å². The summed E-state index contributed by atoms with van der Waals surface area (Å²) >= 11 is 6.95. The Morgan fingerprint density at radius 3 is 1.79 bits per heavy atom. The molecule has 0 aliphatic rings. The second-order valence-corrected chi connectivity index (χ2v) is 10.6. The molecule has 2 atom stereocenters. The maximum atomic E-state index is 13.3. The van der Waals surface area contributed by atoms with Crippen LogP contribution in [0.1, 0.15) is 79.1 Å². The zero-order chi connectivity index (χ0) is 21.5. The van der Waals surface area contributed by atoms with E-state index in [0.717, 1.165) is 68.3 Å². The largest absolute Gasteiger partial charge is 0.486 e. The number of benzene rings is 1. The lowest BCUT2D eigenvalue weighted by Gasteiger charge is -2.22. The van der Waals surface area contributed by atoms with Gasteiger partial charge in [0.2, 0.25) is 0 Å². The summed E-state index contributed by atoms with van der Waals surface area (Å²) in [5, 5.41) is 0.647. The van der Waals surface area contributed by atoms with Crippen molar-refractivity contribution >= 4 is 31.5 Å². The third-order valence-corrected chi connectivity index (χ3v) is 7.74. The highest BCUT2D eigenvalue weighted by molar-refractivity contribution is 7.98. The lowest BCUT2D eigenvalue weighted by atomic mass is 10.0. The number of phosphoric acid groups is 1. The van der Waals surface area contributed by atoms with Crippen molar-refractivity contribution < 1.29 is 17.6 Å². The second-order valence-electron chi connectivity index (χ2n) is 7.48. The molecular formula is C22H38ClO4PS. The highest BCUT2D eigenvalue weighted by Crippen LogP contribution is 2.55. The highest BCUT2D eigenvalue weighted by Gasteiger charge is 2.30. The Balaban J connectivity index is 2.73. The first-order chi connectivity index (χ1) is 14.0. The molecule has 0 spiro atoms. The summed E-state index contributed by atoms with van der Waals surface area (Å²) in [6.07, 6.45) is 8.66. The number of unbranched alkanes of at least 4 members (excludes halogenated alkanes) is 2. The normalized spacial score (nSPS) is 15.8. The molecule has 0 amide bonds. The van der Waals surface area contributed by atoms with Crippen LogP contribution in [0.15, 0.2) is 29.2 Å². The van der Waals surface area contributed by atoms with E-state index in [1.165, 1.54) is 0 Å². The average Bonchev–Trinajstić information content (AvgIpc) is 2.74. The van der Waals surface area contributed by atoms with Gasteiger partial charge in [0, 0.05) is 22.0 Å². The van der Waals surface area contributed by atoms with Crippen molar-refractivity contribution in [1.29, 1.82) is 0 Å². The Morgan fingerprint density at radius 1 is 0.897 bits per heavy atom. The second kappa shape index (κ2) is 15.7. The minimum atomic E-state index is -3.67. The molecule has 0 saturated carbocycles. The van der Waals surface area contributed by atoms with Crippen molar-refractivity contribution in [2.24, 2.45) is 11.8 Å². The molecule has 168 valence electrons. The summed E-state index contributed by atoms with van der Waals surface area (Å²) in [4.78, 5) is 0.804. The van der Waals surface area contributed by atoms with Crippen LogP contribution in [0.25, 0.3) is 0 Å². The lowest BCUT2D eigenvalue weighted by Crippen LogP contribution is -2.12. The summed E-state index contributed by atoms with van der Waals surface area (Å²) in [5.41, 5.74) is 0. The van der Waals surface area contributed by atoms with E-state index in [1.807, 2.05) is 12.1 Å². The summed E-state index contributed by atoms with van der Waals surface area (Å²) < 4.78 is 30.5. The first kappa shape index (κ1) is 27.0. The predicted molar refractivity (Wildman–Crippen MR) is 125 cm³/mol. The molecular weight excluding hydrogens is 427 g/mol. The Bertz CT molecular complexity index is 561. The maximum Gasteiger partial charge on any atom is 0.486 e. The summed E-state index contributed by atoms with van der Waals surface area (Å²) in [7, 11) is -3.67. The zero-order valence-corrected chi connectivity index (χ0v) is 20.9. The lowest BCUT2D eigenvalue weighted by molar-refractivity contribution is 0.120. The van der Waals surface area contributed by atoms with E-state index in [1.54, 1.807) is 12.1 Å². The summed E-state index contributed by atoms with van der Waals surface area (Å²) in [6.45, 7) is 9.40.